The second-order valence-electron chi connectivity index (χ2n) is 9.18. The Balaban J connectivity index is 1.61. The number of aliphatic imine (C=N–C) groups is 1. The standard InChI is InChI=1S/C25H29ClN4O3/c1-17-6-5-13-30-23(17)28-21(31)14-25(30,2)24(33)29(15-18-9-11-19(26)12-10-18)16-22(32)27-20-7-3-4-8-20/h5-6,9-13,20H,3-4,7-8,14-16H2,1-2H3,(H,27,32)/t25-/m1/s1. The fourth-order valence-corrected chi connectivity index (χ4v) is 4.86. The molecule has 2 heterocycles. The van der Waals surface area contributed by atoms with Crippen molar-refractivity contribution in [3.63, 3.8) is 0 Å². The highest BCUT2D eigenvalue weighted by molar-refractivity contribution is 6.30. The third kappa shape index (κ3) is 5.03. The van der Waals surface area contributed by atoms with Gasteiger partial charge in [-0.1, -0.05) is 42.7 Å². The normalized spacial score (nSPS) is 22.5. The molecule has 33 heavy (non-hydrogen) atoms. The maximum atomic E-state index is 14.0. The minimum absolute atomic E-state index is 0.0612. The number of nitrogens with zero attached hydrogens (tertiary/aromatic N) is 3. The van der Waals surface area contributed by atoms with Gasteiger partial charge in [0.05, 0.1) is 13.0 Å². The van der Waals surface area contributed by atoms with E-state index in [0.717, 1.165) is 36.8 Å². The van der Waals surface area contributed by atoms with Crippen LogP contribution in [0.1, 0.15) is 51.5 Å². The lowest BCUT2D eigenvalue weighted by Gasteiger charge is -2.45. The van der Waals surface area contributed by atoms with Crippen molar-refractivity contribution >= 4 is 35.2 Å². The van der Waals surface area contributed by atoms with Crippen molar-refractivity contribution in [2.45, 2.75) is 64.1 Å². The summed E-state index contributed by atoms with van der Waals surface area (Å²) in [5.74, 6) is -0.346. The average Bonchev–Trinajstić information content (AvgIpc) is 3.28. The zero-order chi connectivity index (χ0) is 23.6. The fraction of sp³-hybridized carbons (Fsp3) is 0.440. The van der Waals surface area contributed by atoms with Crippen LogP contribution >= 0.6 is 11.6 Å². The summed E-state index contributed by atoms with van der Waals surface area (Å²) < 4.78 is 0. The van der Waals surface area contributed by atoms with Crippen LogP contribution in [0, 0.1) is 0 Å². The van der Waals surface area contributed by atoms with E-state index in [1.165, 1.54) is 4.90 Å². The average molecular weight is 469 g/mol. The van der Waals surface area contributed by atoms with Crippen molar-refractivity contribution in [3.05, 3.63) is 58.8 Å². The van der Waals surface area contributed by atoms with Crippen LogP contribution in [0.25, 0.3) is 0 Å². The molecule has 174 valence electrons. The van der Waals surface area contributed by atoms with E-state index < -0.39 is 5.54 Å². The monoisotopic (exact) mass is 468 g/mol. The molecule has 0 bridgehead atoms. The van der Waals surface area contributed by atoms with Crippen molar-refractivity contribution in [2.24, 2.45) is 4.99 Å². The summed E-state index contributed by atoms with van der Waals surface area (Å²) in [6.07, 6.45) is 9.55. The molecule has 2 aliphatic heterocycles. The lowest BCUT2D eigenvalue weighted by molar-refractivity contribution is -0.146. The van der Waals surface area contributed by atoms with Crippen molar-refractivity contribution in [1.29, 1.82) is 0 Å². The molecule has 1 aromatic rings. The van der Waals surface area contributed by atoms with E-state index in [-0.39, 0.29) is 43.3 Å². The van der Waals surface area contributed by atoms with E-state index in [1.807, 2.05) is 31.2 Å². The lowest BCUT2D eigenvalue weighted by atomic mass is 9.89. The van der Waals surface area contributed by atoms with Crippen LogP contribution in [-0.2, 0) is 20.9 Å². The first kappa shape index (κ1) is 23.2. The molecule has 3 aliphatic rings. The van der Waals surface area contributed by atoms with Crippen molar-refractivity contribution in [3.8, 4) is 0 Å². The molecular formula is C25H29ClN4O3. The summed E-state index contributed by atoms with van der Waals surface area (Å²) in [4.78, 5) is 46.9. The van der Waals surface area contributed by atoms with Gasteiger partial charge in [-0.05, 0) is 56.0 Å². The number of halogens is 1. The number of amides is 3. The lowest BCUT2D eigenvalue weighted by Crippen LogP contribution is -2.62. The molecule has 1 fully saturated rings. The van der Waals surface area contributed by atoms with Gasteiger partial charge in [-0.3, -0.25) is 14.4 Å². The Kier molecular flexibility index (Phi) is 6.70. The van der Waals surface area contributed by atoms with E-state index in [4.69, 9.17) is 11.6 Å². The Morgan fingerprint density at radius 3 is 2.64 bits per heavy atom. The fourth-order valence-electron chi connectivity index (χ4n) is 4.73. The van der Waals surface area contributed by atoms with Gasteiger partial charge in [-0.15, -0.1) is 0 Å². The Morgan fingerprint density at radius 2 is 1.94 bits per heavy atom. The van der Waals surface area contributed by atoms with Gasteiger partial charge in [0.1, 0.15) is 11.4 Å². The Hall–Kier alpha value is -2.93. The number of allylic oxidation sites excluding steroid dienone is 2. The Labute approximate surface area is 199 Å². The highest BCUT2D eigenvalue weighted by Crippen LogP contribution is 2.32. The SMILES string of the molecule is CC1=CC=CN2C1=NC(=O)C[C@]2(C)C(=O)N(CC(=O)NC1CCCC1)Cc1ccc(Cl)cc1. The number of benzene rings is 1. The predicted molar refractivity (Wildman–Crippen MR) is 127 cm³/mol. The van der Waals surface area contributed by atoms with Crippen LogP contribution in [0.5, 0.6) is 0 Å². The van der Waals surface area contributed by atoms with E-state index in [1.54, 1.807) is 30.2 Å². The number of fused-ring (bicyclic) bond motifs is 1. The van der Waals surface area contributed by atoms with Gasteiger partial charge in [-0.2, -0.15) is 4.99 Å². The van der Waals surface area contributed by atoms with Gasteiger partial charge in [0.15, 0.2) is 0 Å². The molecule has 4 rings (SSSR count). The van der Waals surface area contributed by atoms with Gasteiger partial charge >= 0.3 is 0 Å². The van der Waals surface area contributed by atoms with E-state index in [2.05, 4.69) is 10.3 Å². The summed E-state index contributed by atoms with van der Waals surface area (Å²) in [7, 11) is 0. The molecule has 7 nitrogen and oxygen atoms in total. The van der Waals surface area contributed by atoms with Crippen LogP contribution in [0.15, 0.2) is 53.2 Å². The number of hydrogen-bond donors (Lipinski definition) is 1. The molecule has 8 heteroatoms. The number of hydrogen-bond acceptors (Lipinski definition) is 4. The van der Waals surface area contributed by atoms with Crippen molar-refractivity contribution in [2.75, 3.05) is 6.54 Å². The van der Waals surface area contributed by atoms with E-state index >= 15 is 0 Å². The smallest absolute Gasteiger partial charge is 0.250 e. The van der Waals surface area contributed by atoms with Gasteiger partial charge in [0.2, 0.25) is 11.8 Å². The Bertz CT molecular complexity index is 1040. The van der Waals surface area contributed by atoms with Gasteiger partial charge in [0.25, 0.3) is 5.91 Å². The maximum Gasteiger partial charge on any atom is 0.250 e. The molecule has 1 aliphatic carbocycles. The second kappa shape index (κ2) is 9.51. The summed E-state index contributed by atoms with van der Waals surface area (Å²) in [6.45, 7) is 3.76. The first-order valence-electron chi connectivity index (χ1n) is 11.4. The quantitative estimate of drug-likeness (QED) is 0.691. The molecular weight excluding hydrogens is 440 g/mol. The first-order chi connectivity index (χ1) is 15.8. The highest BCUT2D eigenvalue weighted by atomic mass is 35.5. The highest BCUT2D eigenvalue weighted by Gasteiger charge is 2.48. The number of nitrogens with one attached hydrogen (secondary N) is 1. The zero-order valence-electron chi connectivity index (χ0n) is 19.0. The molecule has 0 aromatic heterocycles. The van der Waals surface area contributed by atoms with Crippen LogP contribution in [0.2, 0.25) is 5.02 Å². The first-order valence-corrected chi connectivity index (χ1v) is 11.7. The molecule has 1 atom stereocenters. The summed E-state index contributed by atoms with van der Waals surface area (Å²) in [5.41, 5.74) is 0.486. The number of amidine groups is 1. The van der Waals surface area contributed by atoms with E-state index in [9.17, 15) is 14.4 Å². The third-order valence-corrected chi connectivity index (χ3v) is 6.76. The molecule has 0 saturated heterocycles. The number of carbonyl (C=O) groups is 3. The second-order valence-corrected chi connectivity index (χ2v) is 9.61. The molecule has 0 unspecified atom stereocenters. The zero-order valence-corrected chi connectivity index (χ0v) is 19.8. The molecule has 1 aromatic carbocycles. The van der Waals surface area contributed by atoms with Crippen LogP contribution < -0.4 is 5.32 Å². The minimum atomic E-state index is -1.18. The molecule has 0 spiro atoms. The molecule has 3 amide bonds. The van der Waals surface area contributed by atoms with E-state index in [0.29, 0.717) is 10.9 Å². The van der Waals surface area contributed by atoms with Crippen LogP contribution in [0.3, 0.4) is 0 Å². The number of carbonyl (C=O) groups excluding carboxylic acids is 3. The number of rotatable bonds is 6. The van der Waals surface area contributed by atoms with Crippen molar-refractivity contribution in [1.82, 2.24) is 15.1 Å². The summed E-state index contributed by atoms with van der Waals surface area (Å²) in [5, 5.41) is 3.66. The maximum absolute atomic E-state index is 14.0. The molecule has 1 saturated carbocycles. The van der Waals surface area contributed by atoms with Gasteiger partial charge < -0.3 is 15.1 Å². The molecule has 1 N–H and O–H groups in total. The Morgan fingerprint density at radius 1 is 1.24 bits per heavy atom. The van der Waals surface area contributed by atoms with Crippen LogP contribution in [-0.4, -0.2) is 51.5 Å². The largest absolute Gasteiger partial charge is 0.352 e. The summed E-state index contributed by atoms with van der Waals surface area (Å²) >= 11 is 6.03. The third-order valence-electron chi connectivity index (χ3n) is 6.51. The van der Waals surface area contributed by atoms with Gasteiger partial charge in [0, 0.05) is 23.8 Å². The van der Waals surface area contributed by atoms with Crippen LogP contribution in [0.4, 0.5) is 0 Å². The topological polar surface area (TPSA) is 82.1 Å². The molecule has 0 radical (unpaired) electrons. The van der Waals surface area contributed by atoms with Gasteiger partial charge in [-0.25, -0.2) is 0 Å². The minimum Gasteiger partial charge on any atom is -0.352 e. The van der Waals surface area contributed by atoms with Crippen molar-refractivity contribution < 1.29 is 14.4 Å². The predicted octanol–water partition coefficient (Wildman–Crippen LogP) is 3.59. The summed E-state index contributed by atoms with van der Waals surface area (Å²) in [6, 6.07) is 7.36.